The Morgan fingerprint density at radius 2 is 2.17 bits per heavy atom. The van der Waals surface area contributed by atoms with Crippen molar-refractivity contribution in [3.05, 3.63) is 24.0 Å². The van der Waals surface area contributed by atoms with E-state index in [1.54, 1.807) is 22.9 Å². The van der Waals surface area contributed by atoms with Gasteiger partial charge in [-0.15, -0.1) is 0 Å². The van der Waals surface area contributed by atoms with Gasteiger partial charge < -0.3 is 19.9 Å². The Morgan fingerprint density at radius 1 is 1.42 bits per heavy atom. The van der Waals surface area contributed by atoms with Crippen molar-refractivity contribution < 1.29 is 15.3 Å². The van der Waals surface area contributed by atoms with E-state index in [0.717, 1.165) is 5.69 Å². The molecule has 1 rings (SSSR count). The largest absolute Gasteiger partial charge is 0.394 e. The molecule has 3 N–H and O–H groups in total. The highest BCUT2D eigenvalue weighted by Gasteiger charge is 2.05. The number of rotatable bonds is 4. The van der Waals surface area contributed by atoms with Crippen LogP contribution in [0.15, 0.2) is 18.3 Å². The predicted molar refractivity (Wildman–Crippen MR) is 43.4 cm³/mol. The van der Waals surface area contributed by atoms with Gasteiger partial charge in [0.05, 0.1) is 25.9 Å². The molecule has 4 nitrogen and oxygen atoms in total. The first-order chi connectivity index (χ1) is 5.77. The Morgan fingerprint density at radius 3 is 2.75 bits per heavy atom. The van der Waals surface area contributed by atoms with E-state index in [0.29, 0.717) is 6.54 Å². The number of aromatic nitrogens is 1. The first-order valence-corrected chi connectivity index (χ1v) is 3.81. The summed E-state index contributed by atoms with van der Waals surface area (Å²) in [5.74, 6) is 0. The van der Waals surface area contributed by atoms with E-state index in [1.807, 2.05) is 0 Å². The molecule has 1 aromatic heterocycles. The SMILES string of the molecule is OCc1cccn1CC(O)CO. The van der Waals surface area contributed by atoms with Gasteiger partial charge in [0.15, 0.2) is 0 Å². The summed E-state index contributed by atoms with van der Waals surface area (Å²) in [5, 5.41) is 26.5. The van der Waals surface area contributed by atoms with Crippen LogP contribution in [0, 0.1) is 0 Å². The summed E-state index contributed by atoms with van der Waals surface area (Å²) >= 11 is 0. The van der Waals surface area contributed by atoms with Crippen molar-refractivity contribution in [3.63, 3.8) is 0 Å². The van der Waals surface area contributed by atoms with Crippen LogP contribution in [-0.4, -0.2) is 32.6 Å². The highest BCUT2D eigenvalue weighted by atomic mass is 16.3. The molecular weight excluding hydrogens is 158 g/mol. The predicted octanol–water partition coefficient (Wildman–Crippen LogP) is -0.666. The molecule has 1 unspecified atom stereocenters. The Kier molecular flexibility index (Phi) is 3.28. The van der Waals surface area contributed by atoms with E-state index < -0.39 is 6.10 Å². The molecule has 0 bridgehead atoms. The van der Waals surface area contributed by atoms with Crippen LogP contribution in [0.4, 0.5) is 0 Å². The minimum absolute atomic E-state index is 0.0504. The van der Waals surface area contributed by atoms with Crippen LogP contribution in [0.2, 0.25) is 0 Å². The van der Waals surface area contributed by atoms with E-state index in [4.69, 9.17) is 15.3 Å². The third-order valence-electron chi connectivity index (χ3n) is 1.70. The molecule has 12 heavy (non-hydrogen) atoms. The summed E-state index contributed by atoms with van der Waals surface area (Å²) in [6.07, 6.45) is 0.993. The monoisotopic (exact) mass is 171 g/mol. The van der Waals surface area contributed by atoms with Crippen LogP contribution in [0.5, 0.6) is 0 Å². The van der Waals surface area contributed by atoms with Gasteiger partial charge in [0.1, 0.15) is 0 Å². The lowest BCUT2D eigenvalue weighted by Gasteiger charge is -2.10. The molecule has 0 saturated heterocycles. The summed E-state index contributed by atoms with van der Waals surface area (Å²) in [7, 11) is 0. The highest BCUT2D eigenvalue weighted by Crippen LogP contribution is 2.03. The molecule has 0 saturated carbocycles. The molecular formula is C8H13NO3. The molecule has 1 atom stereocenters. The lowest BCUT2D eigenvalue weighted by atomic mass is 10.3. The molecule has 0 radical (unpaired) electrons. The minimum atomic E-state index is -0.761. The summed E-state index contributed by atoms with van der Waals surface area (Å²) in [6, 6.07) is 3.56. The van der Waals surface area contributed by atoms with Crippen LogP contribution < -0.4 is 0 Å². The molecule has 0 aromatic carbocycles. The molecule has 0 aliphatic heterocycles. The second-order valence-electron chi connectivity index (χ2n) is 2.65. The van der Waals surface area contributed by atoms with Crippen LogP contribution in [0.1, 0.15) is 5.69 Å². The van der Waals surface area contributed by atoms with E-state index in [1.165, 1.54) is 0 Å². The minimum Gasteiger partial charge on any atom is -0.394 e. The molecule has 4 heteroatoms. The fourth-order valence-electron chi connectivity index (χ4n) is 1.06. The van der Waals surface area contributed by atoms with E-state index in [9.17, 15) is 0 Å². The first kappa shape index (κ1) is 9.25. The molecule has 68 valence electrons. The summed E-state index contributed by atoms with van der Waals surface area (Å²) < 4.78 is 1.71. The Balaban J connectivity index is 2.61. The van der Waals surface area contributed by atoms with Crippen molar-refractivity contribution in [3.8, 4) is 0 Å². The topological polar surface area (TPSA) is 65.6 Å². The quantitative estimate of drug-likeness (QED) is 0.563. The Hall–Kier alpha value is -0.840. The van der Waals surface area contributed by atoms with Gasteiger partial charge in [-0.3, -0.25) is 0 Å². The van der Waals surface area contributed by atoms with Crippen molar-refractivity contribution in [2.75, 3.05) is 6.61 Å². The van der Waals surface area contributed by atoms with Crippen molar-refractivity contribution in [1.29, 1.82) is 0 Å². The van der Waals surface area contributed by atoms with Crippen molar-refractivity contribution >= 4 is 0 Å². The second kappa shape index (κ2) is 4.25. The molecule has 0 spiro atoms. The zero-order chi connectivity index (χ0) is 8.97. The summed E-state index contributed by atoms with van der Waals surface area (Å²) in [5.41, 5.74) is 0.738. The Labute approximate surface area is 70.7 Å². The van der Waals surface area contributed by atoms with Crippen LogP contribution in [0.25, 0.3) is 0 Å². The standard InChI is InChI=1S/C8H13NO3/c10-5-7-2-1-3-9(7)4-8(12)6-11/h1-3,8,10-12H,4-6H2. The molecule has 1 aromatic rings. The zero-order valence-corrected chi connectivity index (χ0v) is 6.72. The first-order valence-electron chi connectivity index (χ1n) is 3.81. The van der Waals surface area contributed by atoms with E-state index in [2.05, 4.69) is 0 Å². The van der Waals surface area contributed by atoms with Gasteiger partial charge in [-0.1, -0.05) is 0 Å². The van der Waals surface area contributed by atoms with Crippen molar-refractivity contribution in [1.82, 2.24) is 4.57 Å². The molecule has 0 aliphatic rings. The van der Waals surface area contributed by atoms with Crippen LogP contribution >= 0.6 is 0 Å². The van der Waals surface area contributed by atoms with Gasteiger partial charge in [0.25, 0.3) is 0 Å². The van der Waals surface area contributed by atoms with E-state index in [-0.39, 0.29) is 13.2 Å². The van der Waals surface area contributed by atoms with E-state index >= 15 is 0 Å². The lowest BCUT2D eigenvalue weighted by Crippen LogP contribution is -2.20. The molecule has 1 heterocycles. The number of aliphatic hydroxyl groups excluding tert-OH is 3. The van der Waals surface area contributed by atoms with Gasteiger partial charge in [-0.25, -0.2) is 0 Å². The van der Waals surface area contributed by atoms with Crippen molar-refractivity contribution in [2.45, 2.75) is 19.3 Å². The van der Waals surface area contributed by atoms with Crippen LogP contribution in [0.3, 0.4) is 0 Å². The average Bonchev–Trinajstić information content (AvgIpc) is 2.51. The maximum atomic E-state index is 9.10. The number of hydrogen-bond donors (Lipinski definition) is 3. The van der Waals surface area contributed by atoms with Gasteiger partial charge in [-0.2, -0.15) is 0 Å². The zero-order valence-electron chi connectivity index (χ0n) is 6.72. The van der Waals surface area contributed by atoms with Gasteiger partial charge in [0, 0.05) is 11.9 Å². The van der Waals surface area contributed by atoms with Gasteiger partial charge in [0.2, 0.25) is 0 Å². The number of nitrogens with zero attached hydrogens (tertiary/aromatic N) is 1. The average molecular weight is 171 g/mol. The second-order valence-corrected chi connectivity index (χ2v) is 2.65. The lowest BCUT2D eigenvalue weighted by molar-refractivity contribution is 0.0796. The van der Waals surface area contributed by atoms with Crippen LogP contribution in [-0.2, 0) is 13.2 Å². The fourth-order valence-corrected chi connectivity index (χ4v) is 1.06. The molecule has 0 fully saturated rings. The smallest absolute Gasteiger partial charge is 0.0949 e. The number of aliphatic hydroxyl groups is 3. The van der Waals surface area contributed by atoms with Gasteiger partial charge >= 0.3 is 0 Å². The molecule has 0 aliphatic carbocycles. The maximum Gasteiger partial charge on any atom is 0.0949 e. The normalized spacial score (nSPS) is 13.2. The fraction of sp³-hybridized carbons (Fsp3) is 0.500. The summed E-state index contributed by atoms with van der Waals surface area (Å²) in [4.78, 5) is 0. The van der Waals surface area contributed by atoms with Crippen molar-refractivity contribution in [2.24, 2.45) is 0 Å². The molecule has 0 amide bonds. The van der Waals surface area contributed by atoms with Gasteiger partial charge in [-0.05, 0) is 12.1 Å². The highest BCUT2D eigenvalue weighted by molar-refractivity contribution is 5.05. The maximum absolute atomic E-state index is 9.10. The Bertz CT molecular complexity index is 234. The number of hydrogen-bond acceptors (Lipinski definition) is 3. The third-order valence-corrected chi connectivity index (χ3v) is 1.70. The third kappa shape index (κ3) is 2.07. The summed E-state index contributed by atoms with van der Waals surface area (Å²) in [6.45, 7) is 0.00753.